The molecule has 0 saturated carbocycles. The van der Waals surface area contributed by atoms with Crippen molar-refractivity contribution in [1.29, 1.82) is 0 Å². The van der Waals surface area contributed by atoms with Crippen LogP contribution in [0.4, 0.5) is 0 Å². The minimum atomic E-state index is -1.98. The van der Waals surface area contributed by atoms with Gasteiger partial charge in [0, 0.05) is 4.91 Å². The molecule has 0 radical (unpaired) electrons. The largest absolute Gasteiger partial charge is 0.379 e. The van der Waals surface area contributed by atoms with E-state index in [4.69, 9.17) is 18.9 Å². The van der Waals surface area contributed by atoms with Crippen LogP contribution in [0.25, 0.3) is 10.4 Å². The van der Waals surface area contributed by atoms with Crippen molar-refractivity contribution >= 4 is 0 Å². The summed E-state index contributed by atoms with van der Waals surface area (Å²) in [5.74, 6) is 0. The van der Waals surface area contributed by atoms with Crippen LogP contribution in [0.5, 0.6) is 0 Å². The number of aliphatic hydroxyl groups is 1. The van der Waals surface area contributed by atoms with Crippen molar-refractivity contribution in [2.75, 3.05) is 13.2 Å². The molecule has 4 atom stereocenters. The third-order valence-corrected chi connectivity index (χ3v) is 5.80. The lowest BCUT2D eigenvalue weighted by molar-refractivity contribution is -0.164. The Kier molecular flexibility index (Phi) is 8.86. The van der Waals surface area contributed by atoms with Gasteiger partial charge < -0.3 is 24.1 Å². The van der Waals surface area contributed by atoms with E-state index in [9.17, 15) is 10.6 Å². The highest BCUT2D eigenvalue weighted by molar-refractivity contribution is 5.15. The molecule has 1 fully saturated rings. The van der Waals surface area contributed by atoms with Crippen LogP contribution in [0.3, 0.4) is 0 Å². The molecule has 0 spiro atoms. The molecule has 1 N–H and O–H groups in total. The lowest BCUT2D eigenvalue weighted by Crippen LogP contribution is -2.52. The van der Waals surface area contributed by atoms with E-state index in [1.54, 1.807) is 0 Å². The van der Waals surface area contributed by atoms with Crippen LogP contribution in [0.2, 0.25) is 0 Å². The van der Waals surface area contributed by atoms with E-state index in [1.807, 2.05) is 91.0 Å². The Hall–Kier alpha value is -3.23. The van der Waals surface area contributed by atoms with Gasteiger partial charge in [-0.05, 0) is 22.2 Å². The average Bonchev–Trinajstić information content (AvgIpc) is 3.32. The summed E-state index contributed by atoms with van der Waals surface area (Å²) in [6, 6.07) is 29.0. The molecule has 1 saturated heterocycles. The standard InChI is InChI=1S/C27H29N3O5/c28-30-29-27(31,20-32-16-21-10-4-1-5-11-21)26-25(34-18-23-14-8-3-9-15-23)24(19-35-26)33-17-22-12-6-2-7-13-22/h1-15,24-26,31H,16-20H2/t24-,25+,26+,27-/m0/s1. The van der Waals surface area contributed by atoms with Crippen molar-refractivity contribution < 1.29 is 24.1 Å². The molecule has 1 aliphatic heterocycles. The van der Waals surface area contributed by atoms with E-state index in [0.29, 0.717) is 6.61 Å². The van der Waals surface area contributed by atoms with Gasteiger partial charge in [-0.3, -0.25) is 0 Å². The third-order valence-electron chi connectivity index (χ3n) is 5.80. The molecule has 0 bridgehead atoms. The smallest absolute Gasteiger partial charge is 0.195 e. The predicted molar refractivity (Wildman–Crippen MR) is 130 cm³/mol. The van der Waals surface area contributed by atoms with Crippen LogP contribution in [0, 0.1) is 0 Å². The van der Waals surface area contributed by atoms with Gasteiger partial charge >= 0.3 is 0 Å². The molecular weight excluding hydrogens is 446 g/mol. The summed E-state index contributed by atoms with van der Waals surface area (Å²) in [5.41, 5.74) is 10.1. The minimum absolute atomic E-state index is 0.179. The second-order valence-electron chi connectivity index (χ2n) is 8.40. The molecular formula is C27H29N3O5. The minimum Gasteiger partial charge on any atom is -0.379 e. The van der Waals surface area contributed by atoms with E-state index in [0.717, 1.165) is 16.7 Å². The highest BCUT2D eigenvalue weighted by Crippen LogP contribution is 2.32. The number of rotatable bonds is 12. The zero-order valence-corrected chi connectivity index (χ0v) is 19.3. The first kappa shape index (κ1) is 24.9. The first-order valence-electron chi connectivity index (χ1n) is 11.5. The van der Waals surface area contributed by atoms with Gasteiger partial charge in [0.15, 0.2) is 5.72 Å². The summed E-state index contributed by atoms with van der Waals surface area (Å²) in [7, 11) is 0. The first-order valence-corrected chi connectivity index (χ1v) is 11.5. The molecule has 182 valence electrons. The Morgan fingerprint density at radius 1 is 0.829 bits per heavy atom. The molecule has 8 nitrogen and oxygen atoms in total. The van der Waals surface area contributed by atoms with Crippen LogP contribution in [-0.2, 0) is 38.8 Å². The zero-order valence-electron chi connectivity index (χ0n) is 19.3. The maximum Gasteiger partial charge on any atom is 0.195 e. The van der Waals surface area contributed by atoms with Gasteiger partial charge in [0.05, 0.1) is 33.0 Å². The molecule has 1 aliphatic rings. The van der Waals surface area contributed by atoms with Gasteiger partial charge in [0.1, 0.15) is 18.3 Å². The van der Waals surface area contributed by atoms with Crippen LogP contribution >= 0.6 is 0 Å². The molecule has 4 rings (SSSR count). The normalized spacial score (nSPS) is 21.2. The van der Waals surface area contributed by atoms with Crippen molar-refractivity contribution in [3.05, 3.63) is 118 Å². The molecule has 3 aromatic rings. The van der Waals surface area contributed by atoms with Gasteiger partial charge in [-0.15, -0.1) is 0 Å². The van der Waals surface area contributed by atoms with Crippen molar-refractivity contribution in [1.82, 2.24) is 0 Å². The Bertz CT molecular complexity index is 1080. The fourth-order valence-corrected chi connectivity index (χ4v) is 4.00. The van der Waals surface area contributed by atoms with Gasteiger partial charge in [-0.2, -0.15) is 0 Å². The van der Waals surface area contributed by atoms with Crippen LogP contribution in [0.1, 0.15) is 16.7 Å². The predicted octanol–water partition coefficient (Wildman–Crippen LogP) is 4.77. The third kappa shape index (κ3) is 6.90. The van der Waals surface area contributed by atoms with E-state index in [1.165, 1.54) is 0 Å². The van der Waals surface area contributed by atoms with Gasteiger partial charge in [-0.25, -0.2) is 0 Å². The second-order valence-corrected chi connectivity index (χ2v) is 8.40. The van der Waals surface area contributed by atoms with Crippen molar-refractivity contribution in [2.24, 2.45) is 5.11 Å². The lowest BCUT2D eigenvalue weighted by atomic mass is 10.0. The maximum absolute atomic E-state index is 11.4. The van der Waals surface area contributed by atoms with Crippen LogP contribution in [0.15, 0.2) is 96.1 Å². The molecule has 3 aromatic carbocycles. The van der Waals surface area contributed by atoms with Crippen molar-refractivity contribution in [3.8, 4) is 0 Å². The Balaban J connectivity index is 1.48. The molecule has 8 heteroatoms. The quantitative estimate of drug-likeness (QED) is 0.231. The topological polar surface area (TPSA) is 106 Å². The average molecular weight is 476 g/mol. The van der Waals surface area contributed by atoms with Gasteiger partial charge in [0.2, 0.25) is 0 Å². The number of azide groups is 1. The van der Waals surface area contributed by atoms with E-state index in [2.05, 4.69) is 10.0 Å². The summed E-state index contributed by atoms with van der Waals surface area (Å²) in [5, 5.41) is 15.0. The van der Waals surface area contributed by atoms with Gasteiger partial charge in [0.25, 0.3) is 0 Å². The molecule has 35 heavy (non-hydrogen) atoms. The monoisotopic (exact) mass is 475 g/mol. The molecule has 0 aliphatic carbocycles. The van der Waals surface area contributed by atoms with E-state index in [-0.39, 0.29) is 26.4 Å². The molecule has 0 amide bonds. The summed E-state index contributed by atoms with van der Waals surface area (Å²) in [6.07, 6.45) is -2.13. The first-order chi connectivity index (χ1) is 17.2. The highest BCUT2D eigenvalue weighted by atomic mass is 16.6. The number of nitrogens with zero attached hydrogens (tertiary/aromatic N) is 3. The van der Waals surface area contributed by atoms with E-state index < -0.39 is 24.0 Å². The number of hydrogen-bond acceptors (Lipinski definition) is 6. The number of benzene rings is 3. The van der Waals surface area contributed by atoms with Gasteiger partial charge in [-0.1, -0.05) is 96.1 Å². The summed E-state index contributed by atoms with van der Waals surface area (Å²) >= 11 is 0. The lowest BCUT2D eigenvalue weighted by Gasteiger charge is -2.33. The molecule has 0 aromatic heterocycles. The van der Waals surface area contributed by atoms with Crippen molar-refractivity contribution in [3.63, 3.8) is 0 Å². The molecule has 0 unspecified atom stereocenters. The SMILES string of the molecule is [N-]=[N+]=N[C@](O)(COCc1ccccc1)[C@@H]1OC[C@H](OCc2ccccc2)[C@H]1OCc1ccccc1. The summed E-state index contributed by atoms with van der Waals surface area (Å²) in [4.78, 5) is 2.87. The maximum atomic E-state index is 11.4. The Morgan fingerprint density at radius 2 is 1.34 bits per heavy atom. The highest BCUT2D eigenvalue weighted by Gasteiger charge is 2.51. The van der Waals surface area contributed by atoms with Crippen molar-refractivity contribution in [2.45, 2.75) is 43.9 Å². The van der Waals surface area contributed by atoms with Crippen LogP contribution in [-0.4, -0.2) is 42.4 Å². The van der Waals surface area contributed by atoms with Crippen LogP contribution < -0.4 is 0 Å². The van der Waals surface area contributed by atoms with E-state index >= 15 is 0 Å². The second kappa shape index (κ2) is 12.5. The number of ether oxygens (including phenoxy) is 4. The Labute approximate surface area is 204 Å². The molecule has 1 heterocycles. The summed E-state index contributed by atoms with van der Waals surface area (Å²) in [6.45, 7) is 0.817. The number of hydrogen-bond donors (Lipinski definition) is 1. The zero-order chi connectivity index (χ0) is 24.3. The fourth-order valence-electron chi connectivity index (χ4n) is 4.00. The fraction of sp³-hybridized carbons (Fsp3) is 0.333. The summed E-state index contributed by atoms with van der Waals surface area (Å²) < 4.78 is 24.0. The Morgan fingerprint density at radius 3 is 1.89 bits per heavy atom.